The van der Waals surface area contributed by atoms with Crippen LogP contribution in [0.4, 0.5) is 5.13 Å². The van der Waals surface area contributed by atoms with Gasteiger partial charge in [-0.3, -0.25) is 14.5 Å². The number of thiazole rings is 1. The highest BCUT2D eigenvalue weighted by atomic mass is 32.1. The summed E-state index contributed by atoms with van der Waals surface area (Å²) in [5, 5.41) is 4.72. The van der Waals surface area contributed by atoms with E-state index in [1.54, 1.807) is 11.8 Å². The van der Waals surface area contributed by atoms with Crippen molar-refractivity contribution in [2.75, 3.05) is 24.6 Å². The van der Waals surface area contributed by atoms with Crippen LogP contribution in [0.2, 0.25) is 0 Å². The predicted octanol–water partition coefficient (Wildman–Crippen LogP) is 3.44. The summed E-state index contributed by atoms with van der Waals surface area (Å²) >= 11 is 1.26. The molecule has 3 heterocycles. The van der Waals surface area contributed by atoms with Crippen molar-refractivity contribution in [3.63, 3.8) is 0 Å². The summed E-state index contributed by atoms with van der Waals surface area (Å²) in [6.45, 7) is 5.06. The normalized spacial score (nSPS) is 16.1. The Kier molecular flexibility index (Phi) is 6.15. The molecule has 7 nitrogen and oxygen atoms in total. The molecule has 2 amide bonds. The molecule has 2 aromatic heterocycles. The molecule has 8 heteroatoms. The number of ether oxygens (including phenoxy) is 1. The van der Waals surface area contributed by atoms with Crippen molar-refractivity contribution in [1.29, 1.82) is 0 Å². The zero-order valence-electron chi connectivity index (χ0n) is 17.2. The first-order chi connectivity index (χ1) is 14.5. The first-order valence-corrected chi connectivity index (χ1v) is 11.0. The number of amides is 2. The van der Waals surface area contributed by atoms with Crippen LogP contribution < -0.4 is 10.2 Å². The van der Waals surface area contributed by atoms with Crippen LogP contribution in [0, 0.1) is 6.92 Å². The Labute approximate surface area is 179 Å². The van der Waals surface area contributed by atoms with Gasteiger partial charge in [0.15, 0.2) is 5.13 Å². The molecule has 1 atom stereocenters. The fourth-order valence-electron chi connectivity index (χ4n) is 3.77. The molecule has 4 rings (SSSR count). The second kappa shape index (κ2) is 8.97. The van der Waals surface area contributed by atoms with Crippen molar-refractivity contribution in [2.45, 2.75) is 39.2 Å². The van der Waals surface area contributed by atoms with Gasteiger partial charge in [0.1, 0.15) is 4.88 Å². The molecular weight excluding hydrogens is 400 g/mol. The Balaban J connectivity index is 1.40. The van der Waals surface area contributed by atoms with Crippen molar-refractivity contribution in [2.24, 2.45) is 0 Å². The predicted molar refractivity (Wildman–Crippen MR) is 118 cm³/mol. The van der Waals surface area contributed by atoms with E-state index in [-0.39, 0.29) is 17.9 Å². The van der Waals surface area contributed by atoms with Crippen molar-refractivity contribution in [1.82, 2.24) is 15.3 Å². The highest BCUT2D eigenvalue weighted by molar-refractivity contribution is 7.17. The van der Waals surface area contributed by atoms with Gasteiger partial charge < -0.3 is 15.0 Å². The molecule has 0 spiro atoms. The van der Waals surface area contributed by atoms with Gasteiger partial charge in [0.05, 0.1) is 18.3 Å². The van der Waals surface area contributed by atoms with Gasteiger partial charge in [0.25, 0.3) is 5.91 Å². The van der Waals surface area contributed by atoms with E-state index in [4.69, 9.17) is 4.74 Å². The lowest BCUT2D eigenvalue weighted by Crippen LogP contribution is -2.35. The molecule has 1 saturated heterocycles. The number of rotatable bonds is 7. The molecule has 3 aromatic rings. The lowest BCUT2D eigenvalue weighted by molar-refractivity contribution is -0.116. The number of H-pyrrole nitrogens is 1. The third-order valence-corrected chi connectivity index (χ3v) is 6.55. The number of fused-ring (bicyclic) bond motifs is 1. The van der Waals surface area contributed by atoms with Crippen LogP contribution in [0.25, 0.3) is 10.9 Å². The second-order valence-electron chi connectivity index (χ2n) is 7.54. The van der Waals surface area contributed by atoms with E-state index in [1.807, 2.05) is 24.4 Å². The number of aromatic nitrogens is 2. The van der Waals surface area contributed by atoms with Crippen molar-refractivity contribution >= 4 is 39.2 Å². The zero-order valence-corrected chi connectivity index (χ0v) is 18.1. The summed E-state index contributed by atoms with van der Waals surface area (Å²) < 4.78 is 5.66. The maximum atomic E-state index is 12.7. The minimum Gasteiger partial charge on any atom is -0.376 e. The molecule has 1 aliphatic heterocycles. The number of carbonyl (C=O) groups is 2. The first-order valence-electron chi connectivity index (χ1n) is 10.2. The number of nitrogens with zero attached hydrogens (tertiary/aromatic N) is 2. The van der Waals surface area contributed by atoms with Gasteiger partial charge in [-0.15, -0.1) is 0 Å². The van der Waals surface area contributed by atoms with Gasteiger partial charge in [0, 0.05) is 37.2 Å². The molecule has 1 fully saturated rings. The standard InChI is InChI=1S/C22H26N4O3S/c1-14-20(30-22(25-14)26(15(2)27)13-17-6-5-11-29-17)21(28)23-10-9-16-12-24-19-8-4-3-7-18(16)19/h3-4,7-8,12,17,24H,5-6,9-11,13H2,1-2H3,(H,23,28)/t17-/m1/s1. The Morgan fingerprint density at radius 3 is 2.97 bits per heavy atom. The Morgan fingerprint density at radius 1 is 1.37 bits per heavy atom. The molecule has 0 saturated carbocycles. The third-order valence-electron chi connectivity index (χ3n) is 5.37. The lowest BCUT2D eigenvalue weighted by Gasteiger charge is -2.21. The summed E-state index contributed by atoms with van der Waals surface area (Å²) in [6, 6.07) is 8.12. The van der Waals surface area contributed by atoms with E-state index >= 15 is 0 Å². The third kappa shape index (κ3) is 4.39. The second-order valence-corrected chi connectivity index (χ2v) is 8.52. The molecule has 0 aliphatic carbocycles. The zero-order chi connectivity index (χ0) is 21.1. The van der Waals surface area contributed by atoms with Crippen LogP contribution in [0.3, 0.4) is 0 Å². The molecule has 1 aliphatic rings. The highest BCUT2D eigenvalue weighted by Crippen LogP contribution is 2.28. The largest absolute Gasteiger partial charge is 0.376 e. The average Bonchev–Trinajstić information content (AvgIpc) is 3.46. The first kappa shape index (κ1) is 20.6. The molecule has 158 valence electrons. The Morgan fingerprint density at radius 2 is 2.20 bits per heavy atom. The fraction of sp³-hybridized carbons (Fsp3) is 0.409. The van der Waals surface area contributed by atoms with E-state index in [2.05, 4.69) is 21.4 Å². The van der Waals surface area contributed by atoms with E-state index in [9.17, 15) is 9.59 Å². The van der Waals surface area contributed by atoms with E-state index < -0.39 is 0 Å². The number of benzene rings is 1. The fourth-order valence-corrected chi connectivity index (χ4v) is 4.81. The van der Waals surface area contributed by atoms with Gasteiger partial charge in [-0.2, -0.15) is 0 Å². The summed E-state index contributed by atoms with van der Waals surface area (Å²) in [5.74, 6) is -0.248. The maximum Gasteiger partial charge on any atom is 0.263 e. The van der Waals surface area contributed by atoms with Gasteiger partial charge in [-0.25, -0.2) is 4.98 Å². The summed E-state index contributed by atoms with van der Waals surface area (Å²) in [6.07, 6.45) is 4.71. The maximum absolute atomic E-state index is 12.7. The van der Waals surface area contributed by atoms with Crippen molar-refractivity contribution in [3.05, 3.63) is 46.6 Å². The van der Waals surface area contributed by atoms with Crippen molar-refractivity contribution < 1.29 is 14.3 Å². The number of aryl methyl sites for hydroxylation is 1. The lowest BCUT2D eigenvalue weighted by atomic mass is 10.1. The van der Waals surface area contributed by atoms with E-state index in [1.165, 1.54) is 29.2 Å². The summed E-state index contributed by atoms with van der Waals surface area (Å²) in [5.41, 5.74) is 2.91. The topological polar surface area (TPSA) is 87.3 Å². The molecule has 30 heavy (non-hydrogen) atoms. The highest BCUT2D eigenvalue weighted by Gasteiger charge is 2.26. The smallest absolute Gasteiger partial charge is 0.263 e. The van der Waals surface area contributed by atoms with Gasteiger partial charge in [-0.05, 0) is 37.8 Å². The van der Waals surface area contributed by atoms with E-state index in [0.29, 0.717) is 28.8 Å². The minimum atomic E-state index is -0.156. The molecule has 0 unspecified atom stereocenters. The quantitative estimate of drug-likeness (QED) is 0.606. The van der Waals surface area contributed by atoms with Crippen molar-refractivity contribution in [3.8, 4) is 0 Å². The minimum absolute atomic E-state index is 0.0338. The van der Waals surface area contributed by atoms with Crippen LogP contribution in [0.15, 0.2) is 30.5 Å². The monoisotopic (exact) mass is 426 g/mol. The van der Waals surface area contributed by atoms with Gasteiger partial charge >= 0.3 is 0 Å². The van der Waals surface area contributed by atoms with Gasteiger partial charge in [0.2, 0.25) is 5.91 Å². The number of hydrogen-bond donors (Lipinski definition) is 2. The van der Waals surface area contributed by atoms with Crippen LogP contribution >= 0.6 is 11.3 Å². The van der Waals surface area contributed by atoms with Gasteiger partial charge in [-0.1, -0.05) is 29.5 Å². The number of carbonyl (C=O) groups excluding carboxylic acids is 2. The summed E-state index contributed by atoms with van der Waals surface area (Å²) in [7, 11) is 0. The van der Waals surface area contributed by atoms with Crippen LogP contribution in [0.1, 0.15) is 40.7 Å². The Hall–Kier alpha value is -2.71. The molecule has 0 bridgehead atoms. The van der Waals surface area contributed by atoms with Crippen LogP contribution in [0.5, 0.6) is 0 Å². The molecule has 2 N–H and O–H groups in total. The van der Waals surface area contributed by atoms with Crippen LogP contribution in [-0.2, 0) is 16.0 Å². The number of anilines is 1. The van der Waals surface area contributed by atoms with Crippen LogP contribution in [-0.4, -0.2) is 47.6 Å². The average molecular weight is 427 g/mol. The molecule has 0 radical (unpaired) electrons. The molecular formula is C22H26N4O3S. The van der Waals surface area contributed by atoms with E-state index in [0.717, 1.165) is 31.4 Å². The SMILES string of the molecule is CC(=O)N(C[C@H]1CCCO1)c1nc(C)c(C(=O)NCCc2c[nH]c3ccccc23)s1. The summed E-state index contributed by atoms with van der Waals surface area (Å²) in [4.78, 5) is 34.8. The molecule has 1 aromatic carbocycles. The number of nitrogens with one attached hydrogen (secondary N) is 2. The number of aromatic amines is 1. The number of hydrogen-bond acceptors (Lipinski definition) is 5. The Bertz CT molecular complexity index is 1050. The number of para-hydroxylation sites is 1.